The van der Waals surface area contributed by atoms with Gasteiger partial charge in [-0.15, -0.1) is 0 Å². The standard InChI is InChI=1S/C36H41N7O3/c1-40-34-27(16-25(18-30(34)46-2)36(45)43-20-24-8-9-28(43)32(24)38)39-35(40)29-17-23-4-3-5-26(33(23)42(29)19-21-6-7-21)22-11-14-41(15-12-22)31(44)10-13-37/h3-5,16-18,21-22,24,28,32H,6-12,14-15,19-20,38H2,1-2H3/t24-,28-,32-/m1/s1. The number of carbonyl (C=O) groups is 2. The Morgan fingerprint density at radius 3 is 2.54 bits per heavy atom. The number of hydrogen-bond donors (Lipinski definition) is 1. The summed E-state index contributed by atoms with van der Waals surface area (Å²) in [5, 5.41) is 10.2. The van der Waals surface area contributed by atoms with Gasteiger partial charge in [-0.25, -0.2) is 4.98 Å². The van der Waals surface area contributed by atoms with Crippen molar-refractivity contribution in [3.63, 3.8) is 0 Å². The molecule has 0 unspecified atom stereocenters. The highest BCUT2D eigenvalue weighted by atomic mass is 16.5. The quantitative estimate of drug-likeness (QED) is 0.317. The van der Waals surface area contributed by atoms with Gasteiger partial charge in [-0.3, -0.25) is 9.59 Å². The largest absolute Gasteiger partial charge is 0.494 e. The van der Waals surface area contributed by atoms with Gasteiger partial charge in [-0.05, 0) is 80.0 Å². The highest BCUT2D eigenvalue weighted by Gasteiger charge is 2.47. The number of aromatic nitrogens is 3. The van der Waals surface area contributed by atoms with Crippen molar-refractivity contribution in [3.8, 4) is 23.3 Å². The number of likely N-dealkylation sites (tertiary alicyclic amines) is 2. The molecule has 8 rings (SSSR count). The maximum atomic E-state index is 13.8. The van der Waals surface area contributed by atoms with Gasteiger partial charge in [0.2, 0.25) is 5.91 Å². The predicted molar refractivity (Wildman–Crippen MR) is 175 cm³/mol. The first-order chi connectivity index (χ1) is 22.4. The summed E-state index contributed by atoms with van der Waals surface area (Å²) in [6.45, 7) is 3.00. The molecule has 2 amide bonds. The monoisotopic (exact) mass is 619 g/mol. The number of nitrogens with two attached hydrogens (primary N) is 1. The molecule has 4 heterocycles. The number of imidazole rings is 1. The lowest BCUT2D eigenvalue weighted by Gasteiger charge is -2.32. The fourth-order valence-electron chi connectivity index (χ4n) is 8.50. The predicted octanol–water partition coefficient (Wildman–Crippen LogP) is 4.79. The maximum Gasteiger partial charge on any atom is 0.254 e. The first kappa shape index (κ1) is 29.1. The Morgan fingerprint density at radius 2 is 1.87 bits per heavy atom. The summed E-state index contributed by atoms with van der Waals surface area (Å²) in [6.07, 6.45) is 6.22. The number of rotatable bonds is 7. The third kappa shape index (κ3) is 4.66. The normalized spacial score (nSPS) is 23.0. The SMILES string of the molecule is COc1cc(C(=O)N2C[C@H]3CC[C@@H]2[C@@H]3N)cc2nc(-c3cc4cccc(C5CCN(C(=O)CC#N)CC5)c4n3CC3CC3)n(C)c12. The highest BCUT2D eigenvalue weighted by molar-refractivity contribution is 6.00. The Balaban J connectivity index is 1.19. The number of nitriles is 1. The van der Waals surface area contributed by atoms with Gasteiger partial charge >= 0.3 is 0 Å². The summed E-state index contributed by atoms with van der Waals surface area (Å²) < 4.78 is 10.5. The lowest BCUT2D eigenvalue weighted by molar-refractivity contribution is -0.131. The molecule has 2 aromatic heterocycles. The van der Waals surface area contributed by atoms with Gasteiger partial charge in [0.05, 0.1) is 29.9 Å². The van der Waals surface area contributed by atoms with E-state index in [1.165, 1.54) is 29.3 Å². The van der Waals surface area contributed by atoms with Gasteiger partial charge in [-0.2, -0.15) is 5.26 Å². The minimum Gasteiger partial charge on any atom is -0.494 e. The number of ether oxygens (including phenoxy) is 1. The second-order valence-electron chi connectivity index (χ2n) is 13.8. The maximum absolute atomic E-state index is 13.8. The third-order valence-electron chi connectivity index (χ3n) is 11.2. The number of fused-ring (bicyclic) bond motifs is 4. The van der Waals surface area contributed by atoms with E-state index in [9.17, 15) is 9.59 Å². The van der Waals surface area contributed by atoms with Crippen LogP contribution < -0.4 is 10.5 Å². The van der Waals surface area contributed by atoms with Gasteiger partial charge in [-0.1, -0.05) is 18.2 Å². The number of amides is 2. The lowest BCUT2D eigenvalue weighted by Crippen LogP contribution is -2.41. The number of piperidine rings is 2. The number of carbonyl (C=O) groups excluding carboxylic acids is 2. The summed E-state index contributed by atoms with van der Waals surface area (Å²) >= 11 is 0. The molecule has 4 fully saturated rings. The average molecular weight is 620 g/mol. The van der Waals surface area contributed by atoms with Gasteiger partial charge in [0, 0.05) is 56.3 Å². The van der Waals surface area contributed by atoms with Crippen molar-refractivity contribution < 1.29 is 14.3 Å². The lowest BCUT2D eigenvalue weighted by atomic mass is 9.88. The number of methoxy groups -OCH3 is 1. The molecule has 3 atom stereocenters. The fourth-order valence-corrected chi connectivity index (χ4v) is 8.50. The van der Waals surface area contributed by atoms with Crippen molar-refractivity contribution in [2.75, 3.05) is 26.7 Å². The van der Waals surface area contributed by atoms with Crippen LogP contribution in [0.3, 0.4) is 0 Å². The van der Waals surface area contributed by atoms with Crippen LogP contribution in [-0.2, 0) is 18.4 Å². The van der Waals surface area contributed by atoms with E-state index in [2.05, 4.69) is 33.4 Å². The van der Waals surface area contributed by atoms with E-state index >= 15 is 0 Å². The molecule has 2 aliphatic heterocycles. The fraction of sp³-hybridized carbons (Fsp3) is 0.500. The van der Waals surface area contributed by atoms with E-state index in [0.29, 0.717) is 42.2 Å². The molecule has 4 aromatic rings. The zero-order valence-electron chi connectivity index (χ0n) is 26.6. The molecule has 2 saturated heterocycles. The Kier molecular flexibility index (Phi) is 7.05. The Morgan fingerprint density at radius 1 is 1.07 bits per heavy atom. The molecule has 0 radical (unpaired) electrons. The summed E-state index contributed by atoms with van der Waals surface area (Å²) in [5.41, 5.74) is 12.3. The molecular weight excluding hydrogens is 578 g/mol. The van der Waals surface area contributed by atoms with Crippen LogP contribution in [0.15, 0.2) is 36.4 Å². The van der Waals surface area contributed by atoms with Crippen molar-refractivity contribution in [3.05, 3.63) is 47.5 Å². The van der Waals surface area contributed by atoms with Crippen molar-refractivity contribution in [2.24, 2.45) is 24.6 Å². The molecule has 2 aliphatic carbocycles. The smallest absolute Gasteiger partial charge is 0.254 e. The number of hydrogen-bond acceptors (Lipinski definition) is 6. The first-order valence-electron chi connectivity index (χ1n) is 16.7. The van der Waals surface area contributed by atoms with E-state index in [0.717, 1.165) is 61.3 Å². The van der Waals surface area contributed by atoms with Crippen LogP contribution in [0.1, 0.15) is 66.8 Å². The zero-order valence-corrected chi connectivity index (χ0v) is 26.6. The molecule has 238 valence electrons. The van der Waals surface area contributed by atoms with Gasteiger partial charge in [0.1, 0.15) is 17.7 Å². The Bertz CT molecular complexity index is 1910. The van der Waals surface area contributed by atoms with E-state index in [-0.39, 0.29) is 30.3 Å². The molecule has 46 heavy (non-hydrogen) atoms. The summed E-state index contributed by atoms with van der Waals surface area (Å²) in [7, 11) is 3.68. The summed E-state index contributed by atoms with van der Waals surface area (Å²) in [5.74, 6) is 2.78. The minimum absolute atomic E-state index is 0.00270. The summed E-state index contributed by atoms with van der Waals surface area (Å²) in [6, 6.07) is 14.8. The van der Waals surface area contributed by atoms with Gasteiger partial charge in [0.15, 0.2) is 5.82 Å². The minimum atomic E-state index is -0.0723. The van der Waals surface area contributed by atoms with Crippen molar-refractivity contribution in [1.29, 1.82) is 5.26 Å². The second-order valence-corrected chi connectivity index (χ2v) is 13.8. The highest BCUT2D eigenvalue weighted by Crippen LogP contribution is 2.42. The molecule has 10 heteroatoms. The van der Waals surface area contributed by atoms with Crippen molar-refractivity contribution in [1.82, 2.24) is 23.9 Å². The van der Waals surface area contributed by atoms with E-state index in [1.807, 2.05) is 35.0 Å². The molecule has 2 aromatic carbocycles. The molecule has 2 N–H and O–H groups in total. The molecular formula is C36H41N7O3. The number of aryl methyl sites for hydroxylation is 1. The summed E-state index contributed by atoms with van der Waals surface area (Å²) in [4.78, 5) is 35.1. The topological polar surface area (TPSA) is 122 Å². The Hall–Kier alpha value is -4.36. The van der Waals surface area contributed by atoms with Crippen LogP contribution in [0, 0.1) is 23.2 Å². The van der Waals surface area contributed by atoms with E-state index < -0.39 is 0 Å². The van der Waals surface area contributed by atoms with Gasteiger partial charge < -0.3 is 29.4 Å². The van der Waals surface area contributed by atoms with Crippen LogP contribution >= 0.6 is 0 Å². The molecule has 2 bridgehead atoms. The molecule has 2 saturated carbocycles. The first-order valence-corrected chi connectivity index (χ1v) is 16.7. The van der Waals surface area contributed by atoms with Gasteiger partial charge in [0.25, 0.3) is 5.91 Å². The number of benzene rings is 2. The van der Waals surface area contributed by atoms with Crippen LogP contribution in [0.4, 0.5) is 0 Å². The van der Waals surface area contributed by atoms with E-state index in [1.54, 1.807) is 7.11 Å². The van der Waals surface area contributed by atoms with Crippen LogP contribution in [0.2, 0.25) is 0 Å². The Labute approximate surface area is 268 Å². The molecule has 10 nitrogen and oxygen atoms in total. The van der Waals surface area contributed by atoms with Crippen LogP contribution in [-0.4, -0.2) is 74.6 Å². The van der Waals surface area contributed by atoms with Crippen LogP contribution in [0.25, 0.3) is 33.5 Å². The van der Waals surface area contributed by atoms with Crippen LogP contribution in [0.5, 0.6) is 5.75 Å². The van der Waals surface area contributed by atoms with E-state index in [4.69, 9.17) is 20.7 Å². The molecule has 0 spiro atoms. The molecule has 4 aliphatic rings. The third-order valence-corrected chi connectivity index (χ3v) is 11.2. The average Bonchev–Trinajstić information content (AvgIpc) is 3.46. The van der Waals surface area contributed by atoms with Crippen molar-refractivity contribution in [2.45, 2.75) is 69.5 Å². The second kappa shape index (κ2) is 11.2. The number of nitrogens with zero attached hydrogens (tertiary/aromatic N) is 6. The van der Waals surface area contributed by atoms with Crippen molar-refractivity contribution >= 4 is 33.8 Å². The zero-order chi connectivity index (χ0) is 31.7. The number of para-hydroxylation sites is 1.